The molecule has 0 spiro atoms. The molecule has 4 aliphatic heterocycles. The molecule has 260 valence electrons. The number of ketones is 2. The molecular formula is C34H54N2O10. The molecule has 0 aromatic rings. The molecule has 1 N–H and O–H groups in total. The Balaban J connectivity index is 1.87. The molecular weight excluding hydrogens is 596 g/mol. The van der Waals surface area contributed by atoms with Gasteiger partial charge in [0.2, 0.25) is 0 Å². The van der Waals surface area contributed by atoms with Gasteiger partial charge in [0.25, 0.3) is 0 Å². The van der Waals surface area contributed by atoms with Crippen molar-refractivity contribution in [1.29, 1.82) is 0 Å². The number of aliphatic hydroxyl groups is 1. The van der Waals surface area contributed by atoms with Crippen molar-refractivity contribution in [3.63, 3.8) is 0 Å². The summed E-state index contributed by atoms with van der Waals surface area (Å²) >= 11 is 0. The highest BCUT2D eigenvalue weighted by Crippen LogP contribution is 2.43. The van der Waals surface area contributed by atoms with Crippen LogP contribution in [0.1, 0.15) is 74.7 Å². The number of esters is 1. The van der Waals surface area contributed by atoms with Crippen LogP contribution in [0.5, 0.6) is 0 Å². The molecule has 12 heteroatoms. The monoisotopic (exact) mass is 650 g/mol. The first-order valence-corrected chi connectivity index (χ1v) is 16.7. The van der Waals surface area contributed by atoms with Crippen molar-refractivity contribution in [2.24, 2.45) is 23.7 Å². The third kappa shape index (κ3) is 6.78. The fourth-order valence-corrected chi connectivity index (χ4v) is 8.10. The van der Waals surface area contributed by atoms with Gasteiger partial charge >= 0.3 is 12.1 Å². The number of hydrogen-bond acceptors (Lipinski definition) is 11. The summed E-state index contributed by atoms with van der Waals surface area (Å²) in [6.07, 6.45) is -0.293. The van der Waals surface area contributed by atoms with Crippen LogP contribution in [-0.2, 0) is 38.1 Å². The minimum Gasteiger partial charge on any atom is -0.458 e. The Kier molecular flexibility index (Phi) is 11.1. The van der Waals surface area contributed by atoms with Crippen LogP contribution in [0.15, 0.2) is 12.2 Å². The fourth-order valence-electron chi connectivity index (χ4n) is 8.10. The van der Waals surface area contributed by atoms with Gasteiger partial charge in [0.1, 0.15) is 23.9 Å². The Bertz CT molecular complexity index is 1190. The van der Waals surface area contributed by atoms with Gasteiger partial charge in [-0.25, -0.2) is 4.79 Å². The number of cyclic esters (lactones) is 1. The van der Waals surface area contributed by atoms with E-state index in [0.29, 0.717) is 12.8 Å². The van der Waals surface area contributed by atoms with Gasteiger partial charge in [0, 0.05) is 30.3 Å². The van der Waals surface area contributed by atoms with E-state index in [0.717, 1.165) is 0 Å². The molecule has 4 aliphatic rings. The molecule has 3 fully saturated rings. The van der Waals surface area contributed by atoms with E-state index >= 15 is 0 Å². The van der Waals surface area contributed by atoms with Crippen molar-refractivity contribution in [1.82, 2.24) is 9.80 Å². The quantitative estimate of drug-likeness (QED) is 0.273. The highest BCUT2D eigenvalue weighted by Gasteiger charge is 2.60. The molecule has 0 saturated carbocycles. The maximum Gasteiger partial charge on any atom is 0.411 e. The van der Waals surface area contributed by atoms with Gasteiger partial charge < -0.3 is 33.7 Å². The van der Waals surface area contributed by atoms with Crippen LogP contribution in [0.4, 0.5) is 4.79 Å². The smallest absolute Gasteiger partial charge is 0.411 e. The molecule has 0 radical (unpaired) electrons. The number of fused-ring (bicyclic) bond motifs is 4. The van der Waals surface area contributed by atoms with Gasteiger partial charge in [-0.1, -0.05) is 39.8 Å². The molecule has 12 nitrogen and oxygen atoms in total. The molecule has 0 aliphatic carbocycles. The number of Topliss-reactive ketones (excluding diaryl/α,β-unsaturated/α-hetero) is 2. The molecule has 4 rings (SSSR count). The number of likely N-dealkylation sites (N-methyl/N-ethyl adjacent to an activating group) is 1. The van der Waals surface area contributed by atoms with Gasteiger partial charge in [-0.05, 0) is 61.1 Å². The van der Waals surface area contributed by atoms with E-state index in [9.17, 15) is 24.3 Å². The second kappa shape index (κ2) is 14.0. The van der Waals surface area contributed by atoms with Crippen molar-refractivity contribution in [2.75, 3.05) is 27.2 Å². The number of carbonyl (C=O) groups excluding carboxylic acids is 4. The summed E-state index contributed by atoms with van der Waals surface area (Å²) in [7, 11) is 3.75. The molecule has 0 unspecified atom stereocenters. The van der Waals surface area contributed by atoms with Gasteiger partial charge in [0.15, 0.2) is 17.7 Å². The van der Waals surface area contributed by atoms with E-state index < -0.39 is 83.4 Å². The highest BCUT2D eigenvalue weighted by atomic mass is 16.7. The average Bonchev–Trinajstić information content (AvgIpc) is 3.25. The standard InChI is InChI=1S/C34H54N2O10/c1-11-24-34(8)28-20(4)25(37)18(2)17-33(7,42-15-13-12-14-36(28)32(41)46-34)29(21(5)26(38)22(6)30(40)44-24)45-31-27(39)23(35(9)10)16-19(3)43-31/h12-13,18-24,27-29,31,39H,11,14-17H2,1-10H3/b13-12-/t18-,19-,20+,21+,22-,23+,24-,27-,28+,29-,31+,33-,34-/m1/s1. The summed E-state index contributed by atoms with van der Waals surface area (Å²) in [5.74, 6) is -4.73. The summed E-state index contributed by atoms with van der Waals surface area (Å²) in [6, 6.07) is -1.000. The molecule has 4 heterocycles. The van der Waals surface area contributed by atoms with Crippen LogP contribution >= 0.6 is 0 Å². The molecule has 3 saturated heterocycles. The Hall–Kier alpha value is -2.38. The van der Waals surface area contributed by atoms with E-state index in [2.05, 4.69) is 0 Å². The van der Waals surface area contributed by atoms with Crippen molar-refractivity contribution >= 4 is 23.6 Å². The molecule has 0 aromatic heterocycles. The van der Waals surface area contributed by atoms with Gasteiger partial charge in [-0.2, -0.15) is 0 Å². The van der Waals surface area contributed by atoms with E-state index in [4.69, 9.17) is 23.7 Å². The maximum absolute atomic E-state index is 14.3. The number of aliphatic hydroxyl groups excluding tert-OH is 1. The zero-order valence-electron chi connectivity index (χ0n) is 29.1. The Labute approximate surface area is 273 Å². The average molecular weight is 651 g/mol. The highest BCUT2D eigenvalue weighted by molar-refractivity contribution is 6.00. The lowest BCUT2D eigenvalue weighted by Gasteiger charge is -2.47. The fraction of sp³-hybridized carbons (Fsp3) is 0.824. The van der Waals surface area contributed by atoms with Crippen molar-refractivity contribution in [3.8, 4) is 0 Å². The predicted molar refractivity (Wildman–Crippen MR) is 168 cm³/mol. The zero-order chi connectivity index (χ0) is 34.3. The van der Waals surface area contributed by atoms with Crippen LogP contribution in [0, 0.1) is 23.7 Å². The van der Waals surface area contributed by atoms with E-state index in [-0.39, 0.29) is 37.5 Å². The molecule has 2 bridgehead atoms. The summed E-state index contributed by atoms with van der Waals surface area (Å²) in [4.78, 5) is 58.8. The second-order valence-corrected chi connectivity index (χ2v) is 14.4. The van der Waals surface area contributed by atoms with E-state index in [1.54, 1.807) is 39.8 Å². The van der Waals surface area contributed by atoms with Crippen LogP contribution in [0.25, 0.3) is 0 Å². The minimum atomic E-state index is -1.34. The Morgan fingerprint density at radius 1 is 1.02 bits per heavy atom. The number of amides is 1. The number of hydrogen-bond donors (Lipinski definition) is 1. The van der Waals surface area contributed by atoms with Gasteiger partial charge in [-0.3, -0.25) is 19.3 Å². The Morgan fingerprint density at radius 2 is 1.70 bits per heavy atom. The number of ether oxygens (including phenoxy) is 5. The lowest BCUT2D eigenvalue weighted by atomic mass is 9.73. The lowest BCUT2D eigenvalue weighted by molar-refractivity contribution is -0.296. The topological polar surface area (TPSA) is 141 Å². The molecule has 46 heavy (non-hydrogen) atoms. The SMILES string of the molecule is CC[C@H]1OC(=O)[C@H](C)C(=O)[C@H](C)[C@@H](O[C@@H]2O[C@H](C)C[C@H](N(C)C)[C@H]2O)[C@@]2(C)C[C@@H](C)C(=O)[C@H](C)[C@@H]3N(C/C=C\CO2)C(=O)O[C@@]31C. The molecule has 1 amide bonds. The second-order valence-electron chi connectivity index (χ2n) is 14.4. The number of carbonyl (C=O) groups is 4. The maximum atomic E-state index is 14.3. The van der Waals surface area contributed by atoms with Crippen molar-refractivity contribution < 1.29 is 48.0 Å². The van der Waals surface area contributed by atoms with Crippen molar-refractivity contribution in [3.05, 3.63) is 12.2 Å². The van der Waals surface area contributed by atoms with Crippen molar-refractivity contribution in [2.45, 2.75) is 129 Å². The van der Waals surface area contributed by atoms with Crippen LogP contribution < -0.4 is 0 Å². The van der Waals surface area contributed by atoms with Gasteiger partial charge in [0.05, 0.1) is 30.5 Å². The number of rotatable bonds is 4. The number of nitrogens with zero attached hydrogens (tertiary/aromatic N) is 2. The van der Waals surface area contributed by atoms with Crippen LogP contribution in [-0.4, -0.2) is 120 Å². The van der Waals surface area contributed by atoms with E-state index in [1.807, 2.05) is 39.8 Å². The third-order valence-electron chi connectivity index (χ3n) is 10.7. The first-order chi connectivity index (χ1) is 21.5. The molecule has 13 atom stereocenters. The minimum absolute atomic E-state index is 0.0958. The van der Waals surface area contributed by atoms with Gasteiger partial charge in [-0.15, -0.1) is 0 Å². The first-order valence-electron chi connectivity index (χ1n) is 16.7. The lowest BCUT2D eigenvalue weighted by Crippen LogP contribution is -2.60. The normalized spacial score (nSPS) is 45.3. The van der Waals surface area contributed by atoms with Crippen LogP contribution in [0.3, 0.4) is 0 Å². The summed E-state index contributed by atoms with van der Waals surface area (Å²) in [5.41, 5.74) is -2.58. The molecule has 0 aromatic carbocycles. The predicted octanol–water partition coefficient (Wildman–Crippen LogP) is 3.13. The third-order valence-corrected chi connectivity index (χ3v) is 10.7. The Morgan fingerprint density at radius 3 is 2.33 bits per heavy atom. The summed E-state index contributed by atoms with van der Waals surface area (Å²) in [5, 5.41) is 11.4. The largest absolute Gasteiger partial charge is 0.458 e. The van der Waals surface area contributed by atoms with Crippen LogP contribution in [0.2, 0.25) is 0 Å². The van der Waals surface area contributed by atoms with E-state index in [1.165, 1.54) is 11.8 Å². The zero-order valence-corrected chi connectivity index (χ0v) is 29.1. The summed E-state index contributed by atoms with van der Waals surface area (Å²) in [6.45, 7) is 14.2. The first kappa shape index (κ1) is 36.5. The summed E-state index contributed by atoms with van der Waals surface area (Å²) < 4.78 is 31.2.